The molecule has 4 heteroatoms. The summed E-state index contributed by atoms with van der Waals surface area (Å²) in [6.07, 6.45) is 0.636. The highest BCUT2D eigenvalue weighted by molar-refractivity contribution is 6.31. The molecule has 0 fully saturated rings. The van der Waals surface area contributed by atoms with Gasteiger partial charge in [-0.1, -0.05) is 42.8 Å². The largest absolute Gasteiger partial charge is 0.497 e. The molecule has 1 atom stereocenters. The molecule has 1 N–H and O–H groups in total. The number of ether oxygens (including phenoxy) is 1. The lowest BCUT2D eigenvalue weighted by molar-refractivity contribution is 0.414. The first-order chi connectivity index (χ1) is 10.2. The summed E-state index contributed by atoms with van der Waals surface area (Å²) < 4.78 is 18.7. The van der Waals surface area contributed by atoms with Crippen LogP contribution < -0.4 is 10.1 Å². The average molecular weight is 308 g/mol. The van der Waals surface area contributed by atoms with Gasteiger partial charge in [-0.15, -0.1) is 0 Å². The van der Waals surface area contributed by atoms with E-state index in [4.69, 9.17) is 16.3 Å². The van der Waals surface area contributed by atoms with Crippen molar-refractivity contribution < 1.29 is 9.13 Å². The standard InChI is InChI=1S/C17H19ClFNO/c1-3-20-16(12-7-9-14(21-2)10-8-12)11-13-5-4-6-15(19)17(13)18/h4-10,16,20H,3,11H2,1-2H3. The van der Waals surface area contributed by atoms with Crippen LogP contribution in [-0.4, -0.2) is 13.7 Å². The van der Waals surface area contributed by atoms with Crippen LogP contribution >= 0.6 is 11.6 Å². The van der Waals surface area contributed by atoms with E-state index in [9.17, 15) is 4.39 Å². The fourth-order valence-corrected chi connectivity index (χ4v) is 2.52. The lowest BCUT2D eigenvalue weighted by atomic mass is 9.98. The second kappa shape index (κ2) is 7.43. The maximum Gasteiger partial charge on any atom is 0.142 e. The van der Waals surface area contributed by atoms with Gasteiger partial charge in [0.2, 0.25) is 0 Å². The molecule has 2 aromatic rings. The zero-order valence-corrected chi connectivity index (χ0v) is 13.0. The maximum absolute atomic E-state index is 13.5. The lowest BCUT2D eigenvalue weighted by Gasteiger charge is -2.19. The van der Waals surface area contributed by atoms with Gasteiger partial charge in [-0.05, 0) is 42.3 Å². The van der Waals surface area contributed by atoms with Crippen molar-refractivity contribution in [3.63, 3.8) is 0 Å². The van der Waals surface area contributed by atoms with Crippen molar-refractivity contribution >= 4 is 11.6 Å². The zero-order valence-electron chi connectivity index (χ0n) is 12.2. The molecule has 0 aliphatic heterocycles. The Morgan fingerprint density at radius 1 is 1.19 bits per heavy atom. The first-order valence-electron chi connectivity index (χ1n) is 6.96. The fraction of sp³-hybridized carbons (Fsp3) is 0.294. The van der Waals surface area contributed by atoms with Crippen molar-refractivity contribution in [1.29, 1.82) is 0 Å². The second-order valence-corrected chi connectivity index (χ2v) is 5.18. The Hall–Kier alpha value is -1.58. The maximum atomic E-state index is 13.5. The van der Waals surface area contributed by atoms with E-state index in [1.54, 1.807) is 13.2 Å². The monoisotopic (exact) mass is 307 g/mol. The lowest BCUT2D eigenvalue weighted by Crippen LogP contribution is -2.23. The Morgan fingerprint density at radius 2 is 1.90 bits per heavy atom. The molecular formula is C17H19ClFNO. The molecule has 2 rings (SSSR count). The predicted octanol–water partition coefficient (Wildman–Crippen LogP) is 4.38. The predicted molar refractivity (Wildman–Crippen MR) is 84.5 cm³/mol. The minimum Gasteiger partial charge on any atom is -0.497 e. The molecule has 2 aromatic carbocycles. The van der Waals surface area contributed by atoms with Crippen molar-refractivity contribution in [3.05, 3.63) is 64.4 Å². The number of halogens is 2. The van der Waals surface area contributed by atoms with Crippen molar-refractivity contribution in [2.75, 3.05) is 13.7 Å². The normalized spacial score (nSPS) is 12.2. The third kappa shape index (κ3) is 3.96. The third-order valence-corrected chi connectivity index (χ3v) is 3.85. The summed E-state index contributed by atoms with van der Waals surface area (Å²) in [6.45, 7) is 2.87. The molecule has 1 unspecified atom stereocenters. The average Bonchev–Trinajstić information content (AvgIpc) is 2.51. The topological polar surface area (TPSA) is 21.3 Å². The number of benzene rings is 2. The molecule has 0 saturated heterocycles. The minimum absolute atomic E-state index is 0.0835. The Morgan fingerprint density at radius 3 is 2.52 bits per heavy atom. The van der Waals surface area contributed by atoms with Gasteiger partial charge in [0, 0.05) is 6.04 Å². The summed E-state index contributed by atoms with van der Waals surface area (Å²) >= 11 is 6.05. The Kier molecular flexibility index (Phi) is 5.59. The van der Waals surface area contributed by atoms with Crippen molar-refractivity contribution in [3.8, 4) is 5.75 Å². The number of methoxy groups -OCH3 is 1. The van der Waals surface area contributed by atoms with E-state index in [-0.39, 0.29) is 16.9 Å². The molecule has 21 heavy (non-hydrogen) atoms. The molecule has 0 amide bonds. The second-order valence-electron chi connectivity index (χ2n) is 4.80. The molecule has 0 bridgehead atoms. The molecular weight excluding hydrogens is 289 g/mol. The number of rotatable bonds is 6. The van der Waals surface area contributed by atoms with Gasteiger partial charge in [0.1, 0.15) is 11.6 Å². The Balaban J connectivity index is 2.23. The van der Waals surface area contributed by atoms with E-state index in [1.807, 2.05) is 37.3 Å². The molecule has 0 aliphatic rings. The Bertz CT molecular complexity index is 586. The van der Waals surface area contributed by atoms with E-state index in [1.165, 1.54) is 6.07 Å². The summed E-state index contributed by atoms with van der Waals surface area (Å²) in [4.78, 5) is 0. The van der Waals surface area contributed by atoms with Gasteiger partial charge in [0.15, 0.2) is 0 Å². The van der Waals surface area contributed by atoms with Gasteiger partial charge in [-0.3, -0.25) is 0 Å². The molecule has 0 heterocycles. The third-order valence-electron chi connectivity index (χ3n) is 3.42. The quantitative estimate of drug-likeness (QED) is 0.855. The molecule has 0 radical (unpaired) electrons. The molecule has 0 spiro atoms. The number of likely N-dealkylation sites (N-methyl/N-ethyl adjacent to an activating group) is 1. The van der Waals surface area contributed by atoms with Crippen LogP contribution in [0.15, 0.2) is 42.5 Å². The van der Waals surface area contributed by atoms with Crippen LogP contribution in [0.5, 0.6) is 5.75 Å². The smallest absolute Gasteiger partial charge is 0.142 e. The van der Waals surface area contributed by atoms with Crippen LogP contribution in [0.25, 0.3) is 0 Å². The highest BCUT2D eigenvalue weighted by atomic mass is 35.5. The van der Waals surface area contributed by atoms with Gasteiger partial charge in [0.05, 0.1) is 12.1 Å². The summed E-state index contributed by atoms with van der Waals surface area (Å²) in [6, 6.07) is 12.9. The number of nitrogens with one attached hydrogen (secondary N) is 1. The van der Waals surface area contributed by atoms with E-state index in [0.717, 1.165) is 23.4 Å². The zero-order chi connectivity index (χ0) is 15.2. The molecule has 112 valence electrons. The first kappa shape index (κ1) is 15.8. The number of hydrogen-bond acceptors (Lipinski definition) is 2. The number of hydrogen-bond donors (Lipinski definition) is 1. The SMILES string of the molecule is CCNC(Cc1cccc(F)c1Cl)c1ccc(OC)cc1. The Labute approximate surface area is 129 Å². The molecule has 0 saturated carbocycles. The molecule has 2 nitrogen and oxygen atoms in total. The highest BCUT2D eigenvalue weighted by Gasteiger charge is 2.14. The molecule has 0 aliphatic carbocycles. The summed E-state index contributed by atoms with van der Waals surface area (Å²) in [5, 5.41) is 3.61. The van der Waals surface area contributed by atoms with Crippen LogP contribution in [0.2, 0.25) is 5.02 Å². The summed E-state index contributed by atoms with van der Waals surface area (Å²) in [5.41, 5.74) is 1.93. The molecule has 0 aromatic heterocycles. The van der Waals surface area contributed by atoms with Gasteiger partial charge >= 0.3 is 0 Å². The van der Waals surface area contributed by atoms with Gasteiger partial charge < -0.3 is 10.1 Å². The van der Waals surface area contributed by atoms with Crippen molar-refractivity contribution in [2.24, 2.45) is 0 Å². The van der Waals surface area contributed by atoms with Crippen LogP contribution in [-0.2, 0) is 6.42 Å². The summed E-state index contributed by atoms with van der Waals surface area (Å²) in [7, 11) is 1.64. The van der Waals surface area contributed by atoms with E-state index in [0.29, 0.717) is 6.42 Å². The first-order valence-corrected chi connectivity index (χ1v) is 7.33. The summed E-state index contributed by atoms with van der Waals surface area (Å²) in [5.74, 6) is 0.442. The van der Waals surface area contributed by atoms with E-state index in [2.05, 4.69) is 5.32 Å². The van der Waals surface area contributed by atoms with Crippen LogP contribution in [0.1, 0.15) is 24.1 Å². The van der Waals surface area contributed by atoms with Crippen LogP contribution in [0.4, 0.5) is 4.39 Å². The van der Waals surface area contributed by atoms with Gasteiger partial charge in [-0.25, -0.2) is 4.39 Å². The fourth-order valence-electron chi connectivity index (χ4n) is 2.32. The van der Waals surface area contributed by atoms with Crippen LogP contribution in [0.3, 0.4) is 0 Å². The van der Waals surface area contributed by atoms with E-state index >= 15 is 0 Å². The van der Waals surface area contributed by atoms with Crippen molar-refractivity contribution in [2.45, 2.75) is 19.4 Å². The van der Waals surface area contributed by atoms with Gasteiger partial charge in [0.25, 0.3) is 0 Å². The minimum atomic E-state index is -0.376. The highest BCUT2D eigenvalue weighted by Crippen LogP contribution is 2.26. The van der Waals surface area contributed by atoms with E-state index < -0.39 is 0 Å². The van der Waals surface area contributed by atoms with Gasteiger partial charge in [-0.2, -0.15) is 0 Å². The van der Waals surface area contributed by atoms with Crippen molar-refractivity contribution in [1.82, 2.24) is 5.32 Å². The van der Waals surface area contributed by atoms with Crippen LogP contribution in [0, 0.1) is 5.82 Å².